The van der Waals surface area contributed by atoms with E-state index in [1.54, 1.807) is 18.2 Å². The van der Waals surface area contributed by atoms with Crippen molar-refractivity contribution in [2.75, 3.05) is 6.54 Å². The van der Waals surface area contributed by atoms with Crippen molar-refractivity contribution >= 4 is 5.97 Å². The van der Waals surface area contributed by atoms with Crippen LogP contribution in [-0.4, -0.2) is 18.6 Å². The zero-order valence-corrected chi connectivity index (χ0v) is 9.07. The molecule has 0 aliphatic carbocycles. The van der Waals surface area contributed by atoms with Crippen LogP contribution in [0.25, 0.3) is 0 Å². The predicted octanol–water partition coefficient (Wildman–Crippen LogP) is 1.79. The van der Waals surface area contributed by atoms with Gasteiger partial charge in [0.2, 0.25) is 0 Å². The second-order valence-electron chi connectivity index (χ2n) is 3.95. The molecule has 4 heteroatoms. The summed E-state index contributed by atoms with van der Waals surface area (Å²) >= 11 is 0. The van der Waals surface area contributed by atoms with Gasteiger partial charge in [0.15, 0.2) is 0 Å². The lowest BCUT2D eigenvalue weighted by atomic mass is 10.0. The van der Waals surface area contributed by atoms with Crippen molar-refractivity contribution in [2.45, 2.75) is 25.5 Å². The molecule has 1 aliphatic heterocycles. The number of halogens is 1. The van der Waals surface area contributed by atoms with Crippen molar-refractivity contribution in [3.8, 4) is 0 Å². The lowest BCUT2D eigenvalue weighted by Gasteiger charge is -2.11. The third-order valence-electron chi connectivity index (χ3n) is 2.70. The number of esters is 1. The minimum absolute atomic E-state index is 0.0643. The van der Waals surface area contributed by atoms with Crippen LogP contribution < -0.4 is 5.32 Å². The zero-order valence-electron chi connectivity index (χ0n) is 9.07. The molecule has 16 heavy (non-hydrogen) atoms. The van der Waals surface area contributed by atoms with E-state index in [2.05, 4.69) is 5.32 Å². The van der Waals surface area contributed by atoms with E-state index >= 15 is 0 Å². The molecule has 0 radical (unpaired) electrons. The van der Waals surface area contributed by atoms with E-state index in [0.29, 0.717) is 18.5 Å². The highest BCUT2D eigenvalue weighted by molar-refractivity contribution is 5.66. The van der Waals surface area contributed by atoms with Gasteiger partial charge in [0.25, 0.3) is 0 Å². The number of ether oxygens (including phenoxy) is 1. The summed E-state index contributed by atoms with van der Waals surface area (Å²) < 4.78 is 18.6. The Hall–Kier alpha value is -1.42. The molecule has 1 aromatic carbocycles. The van der Waals surface area contributed by atoms with Crippen LogP contribution in [0.4, 0.5) is 4.39 Å². The second-order valence-corrected chi connectivity index (χ2v) is 3.95. The Bertz CT molecular complexity index is 394. The van der Waals surface area contributed by atoms with Gasteiger partial charge in [-0.05, 0) is 6.07 Å². The Kier molecular flexibility index (Phi) is 3.19. The number of benzene rings is 1. The molecule has 1 aromatic rings. The molecule has 0 spiro atoms. The van der Waals surface area contributed by atoms with E-state index in [1.165, 1.54) is 13.0 Å². The smallest absolute Gasteiger partial charge is 0.302 e. The molecule has 1 aliphatic rings. The van der Waals surface area contributed by atoms with Gasteiger partial charge in [-0.15, -0.1) is 0 Å². The third kappa shape index (κ3) is 2.39. The number of carbonyl (C=O) groups is 1. The minimum Gasteiger partial charge on any atom is -0.461 e. The monoisotopic (exact) mass is 223 g/mol. The van der Waals surface area contributed by atoms with Gasteiger partial charge in [-0.1, -0.05) is 18.2 Å². The molecule has 1 heterocycles. The third-order valence-corrected chi connectivity index (χ3v) is 2.70. The summed E-state index contributed by atoms with van der Waals surface area (Å²) in [7, 11) is 0. The van der Waals surface area contributed by atoms with E-state index < -0.39 is 0 Å². The van der Waals surface area contributed by atoms with Crippen molar-refractivity contribution in [3.63, 3.8) is 0 Å². The summed E-state index contributed by atoms with van der Waals surface area (Å²) in [6.45, 7) is 1.97. The summed E-state index contributed by atoms with van der Waals surface area (Å²) in [4.78, 5) is 10.8. The fourth-order valence-electron chi connectivity index (χ4n) is 2.02. The molecule has 2 unspecified atom stereocenters. The molecule has 0 bridgehead atoms. The standard InChI is InChI=1S/C12H14FNO2/c1-8(15)16-9-6-12(14-7-9)10-4-2-3-5-11(10)13/h2-5,9,12,14H,6-7H2,1H3. The topological polar surface area (TPSA) is 38.3 Å². The first-order chi connectivity index (χ1) is 7.66. The van der Waals surface area contributed by atoms with Crippen LogP contribution in [0.5, 0.6) is 0 Å². The first-order valence-corrected chi connectivity index (χ1v) is 5.32. The summed E-state index contributed by atoms with van der Waals surface area (Å²) in [5.74, 6) is -0.510. The highest BCUT2D eigenvalue weighted by Crippen LogP contribution is 2.26. The number of rotatable bonds is 2. The van der Waals surface area contributed by atoms with Crippen LogP contribution in [0, 0.1) is 5.82 Å². The largest absolute Gasteiger partial charge is 0.461 e. The van der Waals surface area contributed by atoms with Gasteiger partial charge >= 0.3 is 5.97 Å². The summed E-state index contributed by atoms with van der Waals surface area (Å²) in [5, 5.41) is 3.15. The normalized spacial score (nSPS) is 24.4. The maximum absolute atomic E-state index is 13.5. The van der Waals surface area contributed by atoms with E-state index in [0.717, 1.165) is 0 Å². The van der Waals surface area contributed by atoms with Crippen LogP contribution in [-0.2, 0) is 9.53 Å². The molecule has 2 atom stereocenters. The fraction of sp³-hybridized carbons (Fsp3) is 0.417. The Balaban J connectivity index is 2.04. The van der Waals surface area contributed by atoms with Crippen molar-refractivity contribution in [1.82, 2.24) is 5.32 Å². The van der Waals surface area contributed by atoms with E-state index in [-0.39, 0.29) is 23.9 Å². The molecular weight excluding hydrogens is 209 g/mol. The van der Waals surface area contributed by atoms with E-state index in [1.807, 2.05) is 0 Å². The Morgan fingerprint density at radius 1 is 1.50 bits per heavy atom. The molecular formula is C12H14FNO2. The van der Waals surface area contributed by atoms with Crippen LogP contribution in [0.2, 0.25) is 0 Å². The van der Waals surface area contributed by atoms with Crippen molar-refractivity contribution in [3.05, 3.63) is 35.6 Å². The molecule has 0 amide bonds. The maximum atomic E-state index is 13.5. The summed E-state index contributed by atoms with van der Waals surface area (Å²) in [6.07, 6.45) is 0.475. The highest BCUT2D eigenvalue weighted by atomic mass is 19.1. The first kappa shape index (κ1) is 11.1. The van der Waals surface area contributed by atoms with Crippen molar-refractivity contribution in [2.24, 2.45) is 0 Å². The molecule has 2 rings (SSSR count). The average molecular weight is 223 g/mol. The SMILES string of the molecule is CC(=O)OC1CNC(c2ccccc2F)C1. The lowest BCUT2D eigenvalue weighted by molar-refractivity contribution is -0.145. The first-order valence-electron chi connectivity index (χ1n) is 5.32. The van der Waals surface area contributed by atoms with E-state index in [9.17, 15) is 9.18 Å². The number of carbonyl (C=O) groups excluding carboxylic acids is 1. The summed E-state index contributed by atoms with van der Waals surface area (Å²) in [6, 6.07) is 6.60. The van der Waals surface area contributed by atoms with Crippen LogP contribution >= 0.6 is 0 Å². The molecule has 1 fully saturated rings. The van der Waals surface area contributed by atoms with Gasteiger partial charge in [-0.3, -0.25) is 4.79 Å². The number of hydrogen-bond acceptors (Lipinski definition) is 3. The van der Waals surface area contributed by atoms with Crippen molar-refractivity contribution < 1.29 is 13.9 Å². The number of nitrogens with one attached hydrogen (secondary N) is 1. The lowest BCUT2D eigenvalue weighted by Crippen LogP contribution is -2.19. The Labute approximate surface area is 93.6 Å². The molecule has 1 saturated heterocycles. The molecule has 86 valence electrons. The highest BCUT2D eigenvalue weighted by Gasteiger charge is 2.28. The Morgan fingerprint density at radius 3 is 2.94 bits per heavy atom. The van der Waals surface area contributed by atoms with Gasteiger partial charge < -0.3 is 10.1 Å². The molecule has 0 aromatic heterocycles. The zero-order chi connectivity index (χ0) is 11.5. The fourth-order valence-corrected chi connectivity index (χ4v) is 2.02. The van der Waals surface area contributed by atoms with Crippen LogP contribution in [0.15, 0.2) is 24.3 Å². The molecule has 3 nitrogen and oxygen atoms in total. The number of hydrogen-bond donors (Lipinski definition) is 1. The van der Waals surface area contributed by atoms with Gasteiger partial charge in [0, 0.05) is 31.5 Å². The van der Waals surface area contributed by atoms with Gasteiger partial charge in [-0.2, -0.15) is 0 Å². The predicted molar refractivity (Wildman–Crippen MR) is 57.3 cm³/mol. The van der Waals surface area contributed by atoms with Gasteiger partial charge in [0.1, 0.15) is 11.9 Å². The molecule has 1 N–H and O–H groups in total. The minimum atomic E-state index is -0.291. The van der Waals surface area contributed by atoms with Crippen molar-refractivity contribution in [1.29, 1.82) is 0 Å². The van der Waals surface area contributed by atoms with Gasteiger partial charge in [-0.25, -0.2) is 4.39 Å². The van der Waals surface area contributed by atoms with E-state index in [4.69, 9.17) is 4.74 Å². The maximum Gasteiger partial charge on any atom is 0.302 e. The molecule has 0 saturated carbocycles. The Morgan fingerprint density at radius 2 is 2.25 bits per heavy atom. The van der Waals surface area contributed by atoms with Gasteiger partial charge in [0.05, 0.1) is 0 Å². The average Bonchev–Trinajstić information content (AvgIpc) is 2.66. The van der Waals surface area contributed by atoms with Crippen LogP contribution in [0.1, 0.15) is 24.9 Å². The summed E-state index contributed by atoms with van der Waals surface area (Å²) in [5.41, 5.74) is 0.636. The quantitative estimate of drug-likeness (QED) is 0.777. The van der Waals surface area contributed by atoms with Crippen LogP contribution in [0.3, 0.4) is 0 Å². The second kappa shape index (κ2) is 4.61.